The van der Waals surface area contributed by atoms with Gasteiger partial charge in [-0.2, -0.15) is 9.77 Å². The topological polar surface area (TPSA) is 139 Å². The van der Waals surface area contributed by atoms with E-state index in [4.69, 9.17) is 11.5 Å². The minimum Gasteiger partial charge on any atom is -0.383 e. The largest absolute Gasteiger partial charge is 0.383 e. The Kier molecular flexibility index (Phi) is 1.91. The van der Waals surface area contributed by atoms with Crippen LogP contribution in [0.4, 0.5) is 11.6 Å². The first-order valence-electron chi connectivity index (χ1n) is 5.64. The molecule has 0 aliphatic rings. The molecule has 20 heavy (non-hydrogen) atoms. The standard InChI is InChI=1S/C10H8N10/c11-7-5-1-18-20(9(5)15-2-13-7)19-4-17-6-8(12)14-3-16-10(6)19/h1-4H,(H2,11,13,15)(H2,12,14,16). The molecule has 0 aliphatic heterocycles. The Morgan fingerprint density at radius 1 is 0.850 bits per heavy atom. The van der Waals surface area contributed by atoms with Crippen LogP contribution in [0.1, 0.15) is 0 Å². The number of hydrogen-bond acceptors (Lipinski definition) is 8. The minimum atomic E-state index is 0.305. The van der Waals surface area contributed by atoms with Gasteiger partial charge in [0.1, 0.15) is 24.8 Å². The lowest BCUT2D eigenvalue weighted by atomic mass is 10.4. The van der Waals surface area contributed by atoms with E-state index in [1.54, 1.807) is 17.2 Å². The number of imidazole rings is 1. The fraction of sp³-hybridized carbons (Fsp3) is 0. The number of rotatable bonds is 1. The molecular weight excluding hydrogens is 260 g/mol. The van der Waals surface area contributed by atoms with Crippen LogP contribution in [-0.4, -0.2) is 39.5 Å². The summed E-state index contributed by atoms with van der Waals surface area (Å²) in [6.07, 6.45) is 5.87. The molecule has 0 saturated carbocycles. The number of nitrogens with zero attached hydrogens (tertiary/aromatic N) is 8. The summed E-state index contributed by atoms with van der Waals surface area (Å²) in [6, 6.07) is 0. The molecule has 4 aromatic heterocycles. The maximum absolute atomic E-state index is 5.78. The lowest BCUT2D eigenvalue weighted by Gasteiger charge is -2.04. The summed E-state index contributed by atoms with van der Waals surface area (Å²) < 4.78 is 1.61. The van der Waals surface area contributed by atoms with Gasteiger partial charge in [-0.25, -0.2) is 24.9 Å². The van der Waals surface area contributed by atoms with Crippen molar-refractivity contribution in [3.8, 4) is 0 Å². The highest BCUT2D eigenvalue weighted by Gasteiger charge is 2.13. The van der Waals surface area contributed by atoms with Gasteiger partial charge in [-0.15, -0.1) is 4.79 Å². The zero-order valence-corrected chi connectivity index (χ0v) is 10.0. The summed E-state index contributed by atoms with van der Waals surface area (Å²) in [7, 11) is 0. The van der Waals surface area contributed by atoms with Gasteiger partial charge in [0, 0.05) is 0 Å². The van der Waals surface area contributed by atoms with Crippen molar-refractivity contribution in [2.75, 3.05) is 11.5 Å². The van der Waals surface area contributed by atoms with Crippen LogP contribution in [0.15, 0.2) is 25.2 Å². The van der Waals surface area contributed by atoms with E-state index in [9.17, 15) is 0 Å². The number of nitrogen functional groups attached to an aromatic ring is 2. The molecule has 4 heterocycles. The SMILES string of the molecule is Nc1ncnc2c1cnn2-n1cnc2c(N)ncnc21. The zero-order valence-electron chi connectivity index (χ0n) is 10.0. The van der Waals surface area contributed by atoms with E-state index in [1.165, 1.54) is 17.4 Å². The van der Waals surface area contributed by atoms with Gasteiger partial charge in [0.15, 0.2) is 22.6 Å². The quantitative estimate of drug-likeness (QED) is 0.468. The first kappa shape index (κ1) is 10.6. The lowest BCUT2D eigenvalue weighted by Crippen LogP contribution is -2.11. The summed E-state index contributed by atoms with van der Waals surface area (Å²) in [4.78, 5) is 21.9. The molecule has 98 valence electrons. The molecular formula is C10H8N10. The first-order valence-corrected chi connectivity index (χ1v) is 5.64. The van der Waals surface area contributed by atoms with Crippen LogP contribution in [0.25, 0.3) is 22.2 Å². The predicted molar refractivity (Wildman–Crippen MR) is 70.3 cm³/mol. The van der Waals surface area contributed by atoms with Crippen molar-refractivity contribution < 1.29 is 0 Å². The summed E-state index contributed by atoms with van der Waals surface area (Å²) in [5.74, 6) is 0.666. The minimum absolute atomic E-state index is 0.305. The smallest absolute Gasteiger partial charge is 0.186 e. The summed E-state index contributed by atoms with van der Waals surface area (Å²) in [5, 5.41) is 4.88. The highest BCUT2D eigenvalue weighted by atomic mass is 15.6. The normalized spacial score (nSPS) is 11.4. The van der Waals surface area contributed by atoms with Crippen molar-refractivity contribution in [3.05, 3.63) is 25.2 Å². The molecule has 0 amide bonds. The summed E-state index contributed by atoms with van der Waals surface area (Å²) >= 11 is 0. The van der Waals surface area contributed by atoms with E-state index in [-0.39, 0.29) is 0 Å². The predicted octanol–water partition coefficient (Wildman–Crippen LogP) is -0.558. The van der Waals surface area contributed by atoms with Crippen molar-refractivity contribution in [1.82, 2.24) is 39.5 Å². The zero-order chi connectivity index (χ0) is 13.7. The van der Waals surface area contributed by atoms with Gasteiger partial charge in [-0.3, -0.25) is 0 Å². The first-order chi connectivity index (χ1) is 9.75. The number of aromatic nitrogens is 8. The third-order valence-corrected chi connectivity index (χ3v) is 2.93. The van der Waals surface area contributed by atoms with Crippen molar-refractivity contribution in [1.29, 1.82) is 0 Å². The van der Waals surface area contributed by atoms with Gasteiger partial charge in [0.2, 0.25) is 0 Å². The number of anilines is 2. The maximum atomic E-state index is 5.78. The molecule has 0 spiro atoms. The van der Waals surface area contributed by atoms with Crippen molar-refractivity contribution >= 4 is 33.8 Å². The molecule has 10 nitrogen and oxygen atoms in total. The van der Waals surface area contributed by atoms with Crippen LogP contribution < -0.4 is 11.5 Å². The number of nitrogens with two attached hydrogens (primary N) is 2. The summed E-state index contributed by atoms with van der Waals surface area (Å²) in [6.45, 7) is 0. The Morgan fingerprint density at radius 3 is 2.45 bits per heavy atom. The molecule has 0 saturated heterocycles. The van der Waals surface area contributed by atoms with Crippen LogP contribution in [0.2, 0.25) is 0 Å². The molecule has 0 bridgehead atoms. The fourth-order valence-electron chi connectivity index (χ4n) is 1.99. The van der Waals surface area contributed by atoms with Gasteiger partial charge in [-0.1, -0.05) is 0 Å². The average Bonchev–Trinajstić information content (AvgIpc) is 3.03. The second kappa shape index (κ2) is 3.60. The van der Waals surface area contributed by atoms with Gasteiger partial charge in [0.25, 0.3) is 0 Å². The Labute approximate surface area is 111 Å². The highest BCUT2D eigenvalue weighted by molar-refractivity contribution is 5.85. The van der Waals surface area contributed by atoms with Gasteiger partial charge < -0.3 is 11.5 Å². The Bertz CT molecular complexity index is 858. The van der Waals surface area contributed by atoms with Crippen molar-refractivity contribution in [2.45, 2.75) is 0 Å². The highest BCUT2D eigenvalue weighted by Crippen LogP contribution is 2.19. The second-order valence-electron chi connectivity index (χ2n) is 4.05. The third-order valence-electron chi connectivity index (χ3n) is 2.93. The molecule has 10 heteroatoms. The van der Waals surface area contributed by atoms with E-state index in [2.05, 4.69) is 30.0 Å². The Balaban J connectivity index is 2.07. The maximum Gasteiger partial charge on any atom is 0.186 e. The Morgan fingerprint density at radius 2 is 1.60 bits per heavy atom. The second-order valence-corrected chi connectivity index (χ2v) is 4.05. The third kappa shape index (κ3) is 1.27. The van der Waals surface area contributed by atoms with E-state index >= 15 is 0 Å². The molecule has 0 radical (unpaired) electrons. The van der Waals surface area contributed by atoms with Crippen LogP contribution in [0.5, 0.6) is 0 Å². The molecule has 0 aliphatic carbocycles. The number of hydrogen-bond donors (Lipinski definition) is 2. The van der Waals surface area contributed by atoms with Gasteiger partial charge in [0.05, 0.1) is 11.6 Å². The average molecular weight is 268 g/mol. The van der Waals surface area contributed by atoms with E-state index in [0.717, 1.165) is 0 Å². The lowest BCUT2D eigenvalue weighted by molar-refractivity contribution is 0.602. The van der Waals surface area contributed by atoms with E-state index < -0.39 is 0 Å². The van der Waals surface area contributed by atoms with E-state index in [0.29, 0.717) is 33.8 Å². The van der Waals surface area contributed by atoms with Gasteiger partial charge in [-0.05, 0) is 0 Å². The van der Waals surface area contributed by atoms with Crippen LogP contribution in [0, 0.1) is 0 Å². The molecule has 4 aromatic rings. The molecule has 4 N–H and O–H groups in total. The van der Waals surface area contributed by atoms with Crippen molar-refractivity contribution in [2.24, 2.45) is 0 Å². The Hall–Kier alpha value is -3.30. The number of fused-ring (bicyclic) bond motifs is 2. The van der Waals surface area contributed by atoms with Crippen LogP contribution in [-0.2, 0) is 0 Å². The molecule has 0 unspecified atom stereocenters. The van der Waals surface area contributed by atoms with Crippen LogP contribution in [0.3, 0.4) is 0 Å². The molecule has 0 fully saturated rings. The summed E-state index contributed by atoms with van der Waals surface area (Å²) in [5.41, 5.74) is 13.1. The molecule has 0 atom stereocenters. The van der Waals surface area contributed by atoms with Gasteiger partial charge >= 0.3 is 0 Å². The van der Waals surface area contributed by atoms with E-state index in [1.807, 2.05) is 0 Å². The molecule has 0 aromatic carbocycles. The fourth-order valence-corrected chi connectivity index (χ4v) is 1.99. The van der Waals surface area contributed by atoms with Crippen LogP contribution >= 0.6 is 0 Å². The molecule has 4 rings (SSSR count). The monoisotopic (exact) mass is 268 g/mol. The van der Waals surface area contributed by atoms with Crippen molar-refractivity contribution in [3.63, 3.8) is 0 Å².